The molecule has 0 fully saturated rings. The Morgan fingerprint density at radius 2 is 1.52 bits per heavy atom. The minimum atomic E-state index is -0.104. The summed E-state index contributed by atoms with van der Waals surface area (Å²) in [6, 6.07) is 32.9. The maximum atomic E-state index is 2.49. The average molecular weight is 429 g/mol. The van der Waals surface area contributed by atoms with Crippen molar-refractivity contribution in [3.05, 3.63) is 149 Å². The van der Waals surface area contributed by atoms with Gasteiger partial charge in [0.05, 0.1) is 0 Å². The Kier molecular flexibility index (Phi) is 6.26. The van der Waals surface area contributed by atoms with E-state index in [2.05, 4.69) is 128 Å². The molecule has 33 heavy (non-hydrogen) atoms. The van der Waals surface area contributed by atoms with E-state index in [0.29, 0.717) is 5.92 Å². The number of unbranched alkanes of at least 4 members (excludes halogenated alkanes) is 2. The Balaban J connectivity index is 1.60. The van der Waals surface area contributed by atoms with Crippen molar-refractivity contribution in [3.63, 3.8) is 0 Å². The molecule has 0 spiro atoms. The van der Waals surface area contributed by atoms with Gasteiger partial charge < -0.3 is 0 Å². The van der Waals surface area contributed by atoms with Crippen molar-refractivity contribution in [2.45, 2.75) is 43.9 Å². The molecule has 164 valence electrons. The first kappa shape index (κ1) is 21.5. The average Bonchev–Trinajstić information content (AvgIpc) is 3.27. The molecule has 5 rings (SSSR count). The van der Waals surface area contributed by atoms with Crippen LogP contribution >= 0.6 is 0 Å². The molecule has 0 aromatic heterocycles. The lowest BCUT2D eigenvalue weighted by Gasteiger charge is -2.34. The van der Waals surface area contributed by atoms with Gasteiger partial charge in [-0.2, -0.15) is 0 Å². The molecule has 2 aliphatic rings. The van der Waals surface area contributed by atoms with Gasteiger partial charge in [-0.3, -0.25) is 0 Å². The second kappa shape index (κ2) is 9.63. The molecule has 0 nitrogen and oxygen atoms in total. The highest BCUT2D eigenvalue weighted by molar-refractivity contribution is 5.87. The Bertz CT molecular complexity index is 1190. The minimum Gasteiger partial charge on any atom is -0.0873 e. The van der Waals surface area contributed by atoms with E-state index < -0.39 is 0 Å². The highest BCUT2D eigenvalue weighted by Crippen LogP contribution is 2.51. The Morgan fingerprint density at radius 3 is 2.21 bits per heavy atom. The molecule has 0 saturated heterocycles. The third-order valence-corrected chi connectivity index (χ3v) is 7.07. The predicted octanol–water partition coefficient (Wildman–Crippen LogP) is 8.81. The van der Waals surface area contributed by atoms with Gasteiger partial charge in [-0.05, 0) is 46.3 Å². The van der Waals surface area contributed by atoms with Crippen molar-refractivity contribution in [1.29, 1.82) is 0 Å². The number of hydrogen-bond acceptors (Lipinski definition) is 0. The normalized spacial score (nSPS) is 22.0. The van der Waals surface area contributed by atoms with Gasteiger partial charge in [0.2, 0.25) is 0 Å². The van der Waals surface area contributed by atoms with Crippen molar-refractivity contribution < 1.29 is 0 Å². The third kappa shape index (κ3) is 4.31. The van der Waals surface area contributed by atoms with Gasteiger partial charge in [0.1, 0.15) is 0 Å². The van der Waals surface area contributed by atoms with Crippen LogP contribution in [0.25, 0.3) is 5.57 Å². The third-order valence-electron chi connectivity index (χ3n) is 7.07. The highest BCUT2D eigenvalue weighted by atomic mass is 14.4. The number of benzene rings is 3. The molecule has 0 heterocycles. The summed E-state index contributed by atoms with van der Waals surface area (Å²) in [7, 11) is 0. The van der Waals surface area contributed by atoms with E-state index in [1.54, 1.807) is 0 Å². The first-order valence-corrected chi connectivity index (χ1v) is 12.3. The largest absolute Gasteiger partial charge is 0.0873 e. The topological polar surface area (TPSA) is 0 Å². The maximum absolute atomic E-state index is 2.49. The lowest BCUT2D eigenvalue weighted by atomic mass is 9.69. The zero-order valence-corrected chi connectivity index (χ0v) is 19.5. The summed E-state index contributed by atoms with van der Waals surface area (Å²) in [5.74, 6) is 0.311. The Hall–Kier alpha value is -3.38. The Labute approximate surface area is 198 Å². The van der Waals surface area contributed by atoms with Crippen LogP contribution in [0.5, 0.6) is 0 Å². The fourth-order valence-electron chi connectivity index (χ4n) is 5.29. The highest BCUT2D eigenvalue weighted by Gasteiger charge is 2.37. The first-order valence-electron chi connectivity index (χ1n) is 12.3. The van der Waals surface area contributed by atoms with Crippen molar-refractivity contribution in [3.8, 4) is 0 Å². The van der Waals surface area contributed by atoms with E-state index in [4.69, 9.17) is 0 Å². The van der Waals surface area contributed by atoms with Gasteiger partial charge in [0, 0.05) is 11.3 Å². The smallest absolute Gasteiger partial charge is 0.0355 e. The summed E-state index contributed by atoms with van der Waals surface area (Å²) in [5, 5.41) is 0. The molecule has 0 heteroatoms. The predicted molar refractivity (Wildman–Crippen MR) is 141 cm³/mol. The fourth-order valence-corrected chi connectivity index (χ4v) is 5.29. The van der Waals surface area contributed by atoms with Crippen LogP contribution in [-0.4, -0.2) is 0 Å². The standard InChI is InChI=1S/C33H32/c1-2-3-4-14-22-33(28-19-12-7-13-20-28)23-21-29-30(26-15-8-5-9-16-26)24-31(32(29)25-33)27-17-10-6-11-18-27/h5-24,30H,2-4,25H2,1H3. The SMILES string of the molecule is CCCCC=CC1(c2ccccc2)C=CC2=C(C1)C(c1ccccc1)=CC2c1ccccc1. The van der Waals surface area contributed by atoms with Gasteiger partial charge in [-0.15, -0.1) is 0 Å². The van der Waals surface area contributed by atoms with Crippen LogP contribution in [0.2, 0.25) is 0 Å². The molecular formula is C33H32. The molecule has 2 unspecified atom stereocenters. The first-order chi connectivity index (χ1) is 16.3. The summed E-state index contributed by atoms with van der Waals surface area (Å²) >= 11 is 0. The zero-order valence-electron chi connectivity index (χ0n) is 19.5. The number of hydrogen-bond donors (Lipinski definition) is 0. The monoisotopic (exact) mass is 428 g/mol. The van der Waals surface area contributed by atoms with Crippen molar-refractivity contribution >= 4 is 5.57 Å². The lowest BCUT2D eigenvalue weighted by Crippen LogP contribution is -2.24. The fraction of sp³-hybridized carbons (Fsp3) is 0.212. The van der Waals surface area contributed by atoms with E-state index >= 15 is 0 Å². The van der Waals surface area contributed by atoms with E-state index in [9.17, 15) is 0 Å². The summed E-state index contributed by atoms with van der Waals surface area (Å²) < 4.78 is 0. The molecule has 2 aliphatic carbocycles. The van der Waals surface area contributed by atoms with Crippen molar-refractivity contribution in [2.75, 3.05) is 0 Å². The van der Waals surface area contributed by atoms with Gasteiger partial charge >= 0.3 is 0 Å². The molecular weight excluding hydrogens is 396 g/mol. The maximum Gasteiger partial charge on any atom is 0.0355 e. The van der Waals surface area contributed by atoms with Crippen LogP contribution in [0.15, 0.2) is 133 Å². The van der Waals surface area contributed by atoms with Crippen LogP contribution in [0.1, 0.15) is 55.2 Å². The molecule has 0 saturated carbocycles. The minimum absolute atomic E-state index is 0.104. The summed E-state index contributed by atoms with van der Waals surface area (Å²) in [5.41, 5.74) is 8.28. The van der Waals surface area contributed by atoms with Gasteiger partial charge in [0.25, 0.3) is 0 Å². The molecule has 0 N–H and O–H groups in total. The van der Waals surface area contributed by atoms with Crippen molar-refractivity contribution in [2.24, 2.45) is 0 Å². The van der Waals surface area contributed by atoms with Gasteiger partial charge in [-0.25, -0.2) is 0 Å². The molecule has 0 amide bonds. The molecule has 0 aliphatic heterocycles. The van der Waals surface area contributed by atoms with Crippen LogP contribution in [-0.2, 0) is 5.41 Å². The van der Waals surface area contributed by atoms with E-state index in [1.165, 1.54) is 46.3 Å². The van der Waals surface area contributed by atoms with Gasteiger partial charge in [0.15, 0.2) is 0 Å². The van der Waals surface area contributed by atoms with E-state index in [-0.39, 0.29) is 5.41 Å². The summed E-state index contributed by atoms with van der Waals surface area (Å²) in [6.45, 7) is 2.26. The summed E-state index contributed by atoms with van der Waals surface area (Å²) in [6.07, 6.45) is 16.8. The number of rotatable bonds is 7. The molecule has 3 aromatic carbocycles. The second-order valence-electron chi connectivity index (χ2n) is 9.23. The molecule has 0 radical (unpaired) electrons. The van der Waals surface area contributed by atoms with Crippen LogP contribution in [0, 0.1) is 0 Å². The summed E-state index contributed by atoms with van der Waals surface area (Å²) in [4.78, 5) is 0. The van der Waals surface area contributed by atoms with Crippen LogP contribution < -0.4 is 0 Å². The second-order valence-corrected chi connectivity index (χ2v) is 9.23. The Morgan fingerprint density at radius 1 is 0.848 bits per heavy atom. The van der Waals surface area contributed by atoms with E-state index in [0.717, 1.165) is 12.8 Å². The number of allylic oxidation sites excluding steroid dienone is 8. The van der Waals surface area contributed by atoms with Crippen LogP contribution in [0.3, 0.4) is 0 Å². The quantitative estimate of drug-likeness (QED) is 0.260. The molecule has 3 aromatic rings. The van der Waals surface area contributed by atoms with Gasteiger partial charge in [-0.1, -0.05) is 141 Å². The van der Waals surface area contributed by atoms with E-state index in [1.807, 2.05) is 0 Å². The molecule has 2 atom stereocenters. The van der Waals surface area contributed by atoms with Crippen LogP contribution in [0.4, 0.5) is 0 Å². The molecule has 0 bridgehead atoms. The zero-order chi connectivity index (χ0) is 22.5. The van der Waals surface area contributed by atoms with Crippen molar-refractivity contribution in [1.82, 2.24) is 0 Å². The lowest BCUT2D eigenvalue weighted by molar-refractivity contribution is 0.650.